The van der Waals surface area contributed by atoms with Crippen LogP contribution in [0, 0.1) is 0 Å². The number of benzene rings is 1. The summed E-state index contributed by atoms with van der Waals surface area (Å²) < 4.78 is 10.9. The predicted octanol–water partition coefficient (Wildman–Crippen LogP) is 2.13. The van der Waals surface area contributed by atoms with Crippen LogP contribution < -0.4 is 10.1 Å². The van der Waals surface area contributed by atoms with E-state index in [0.29, 0.717) is 12.6 Å². The molecular formula is C13H19NO2. The molecule has 3 unspecified atom stereocenters. The molecule has 88 valence electrons. The van der Waals surface area contributed by atoms with E-state index in [9.17, 15) is 0 Å². The smallest absolute Gasteiger partial charge is 0.124 e. The molecule has 0 radical (unpaired) electrons. The second-order valence-electron chi connectivity index (χ2n) is 4.30. The van der Waals surface area contributed by atoms with Crippen molar-refractivity contribution in [2.45, 2.75) is 32.0 Å². The minimum atomic E-state index is 0.202. The average molecular weight is 221 g/mol. The Balaban J connectivity index is 2.03. The molecule has 1 aromatic rings. The third-order valence-electron chi connectivity index (χ3n) is 3.24. The molecule has 0 saturated heterocycles. The lowest BCUT2D eigenvalue weighted by Crippen LogP contribution is -2.39. The lowest BCUT2D eigenvalue weighted by Gasteiger charge is -2.23. The molecule has 1 aliphatic heterocycles. The van der Waals surface area contributed by atoms with Crippen LogP contribution in [0.5, 0.6) is 5.75 Å². The Hall–Kier alpha value is -1.06. The highest BCUT2D eigenvalue weighted by Gasteiger charge is 2.25. The van der Waals surface area contributed by atoms with Gasteiger partial charge in [-0.05, 0) is 19.9 Å². The Bertz CT molecular complexity index is 354. The standard InChI is InChI=1S/C13H19NO2/c1-9(10(2)15-3)14-12-8-16-13-7-5-4-6-11(12)13/h4-7,9-10,12,14H,8H2,1-3H3. The van der Waals surface area contributed by atoms with Crippen molar-refractivity contribution >= 4 is 0 Å². The Morgan fingerprint density at radius 1 is 1.38 bits per heavy atom. The van der Waals surface area contributed by atoms with Gasteiger partial charge in [-0.3, -0.25) is 0 Å². The third-order valence-corrected chi connectivity index (χ3v) is 3.24. The van der Waals surface area contributed by atoms with Gasteiger partial charge < -0.3 is 14.8 Å². The van der Waals surface area contributed by atoms with E-state index in [1.165, 1.54) is 5.56 Å². The quantitative estimate of drug-likeness (QED) is 0.845. The fraction of sp³-hybridized carbons (Fsp3) is 0.538. The summed E-state index contributed by atoms with van der Waals surface area (Å²) >= 11 is 0. The van der Waals surface area contributed by atoms with Gasteiger partial charge in [-0.1, -0.05) is 18.2 Å². The van der Waals surface area contributed by atoms with Crippen molar-refractivity contribution in [1.29, 1.82) is 0 Å². The maximum absolute atomic E-state index is 5.62. The van der Waals surface area contributed by atoms with Crippen LogP contribution in [-0.4, -0.2) is 25.9 Å². The molecule has 16 heavy (non-hydrogen) atoms. The molecule has 1 aliphatic rings. The van der Waals surface area contributed by atoms with Crippen LogP contribution in [0.1, 0.15) is 25.5 Å². The first kappa shape index (κ1) is 11.4. The van der Waals surface area contributed by atoms with Crippen LogP contribution in [-0.2, 0) is 4.74 Å². The lowest BCUT2D eigenvalue weighted by atomic mass is 10.1. The first-order chi connectivity index (χ1) is 7.72. The van der Waals surface area contributed by atoms with E-state index in [1.54, 1.807) is 7.11 Å². The predicted molar refractivity (Wildman–Crippen MR) is 63.7 cm³/mol. The zero-order valence-corrected chi connectivity index (χ0v) is 10.1. The highest BCUT2D eigenvalue weighted by atomic mass is 16.5. The van der Waals surface area contributed by atoms with Crippen molar-refractivity contribution in [2.24, 2.45) is 0 Å². The zero-order valence-electron chi connectivity index (χ0n) is 10.1. The van der Waals surface area contributed by atoms with Gasteiger partial charge in [0.25, 0.3) is 0 Å². The second-order valence-corrected chi connectivity index (χ2v) is 4.30. The number of ether oxygens (including phenoxy) is 2. The van der Waals surface area contributed by atoms with Crippen molar-refractivity contribution in [3.05, 3.63) is 29.8 Å². The van der Waals surface area contributed by atoms with Gasteiger partial charge in [-0.15, -0.1) is 0 Å². The van der Waals surface area contributed by atoms with Gasteiger partial charge in [-0.2, -0.15) is 0 Å². The van der Waals surface area contributed by atoms with Crippen molar-refractivity contribution in [1.82, 2.24) is 5.32 Å². The molecule has 2 rings (SSSR count). The Kier molecular flexibility index (Phi) is 3.46. The fourth-order valence-electron chi connectivity index (χ4n) is 1.96. The van der Waals surface area contributed by atoms with Crippen LogP contribution >= 0.6 is 0 Å². The number of hydrogen-bond acceptors (Lipinski definition) is 3. The molecule has 1 heterocycles. The topological polar surface area (TPSA) is 30.5 Å². The zero-order chi connectivity index (χ0) is 11.5. The summed E-state index contributed by atoms with van der Waals surface area (Å²) in [6.45, 7) is 4.91. The van der Waals surface area contributed by atoms with E-state index in [0.717, 1.165) is 5.75 Å². The van der Waals surface area contributed by atoms with E-state index < -0.39 is 0 Å². The second kappa shape index (κ2) is 4.85. The van der Waals surface area contributed by atoms with Crippen molar-refractivity contribution in [3.63, 3.8) is 0 Å². The number of rotatable bonds is 4. The van der Waals surface area contributed by atoms with Gasteiger partial charge in [-0.25, -0.2) is 0 Å². The fourth-order valence-corrected chi connectivity index (χ4v) is 1.96. The lowest BCUT2D eigenvalue weighted by molar-refractivity contribution is 0.0829. The minimum Gasteiger partial charge on any atom is -0.491 e. The van der Waals surface area contributed by atoms with Crippen LogP contribution in [0.2, 0.25) is 0 Å². The number of hydrogen-bond donors (Lipinski definition) is 1. The molecule has 0 amide bonds. The summed E-state index contributed by atoms with van der Waals surface area (Å²) in [6, 6.07) is 8.77. The molecule has 1 N–H and O–H groups in total. The molecule has 1 aromatic carbocycles. The molecule has 0 spiro atoms. The summed E-state index contributed by atoms with van der Waals surface area (Å²) in [4.78, 5) is 0. The maximum atomic E-state index is 5.62. The molecule has 0 aromatic heterocycles. The third kappa shape index (κ3) is 2.20. The monoisotopic (exact) mass is 221 g/mol. The largest absolute Gasteiger partial charge is 0.491 e. The van der Waals surface area contributed by atoms with E-state index in [1.807, 2.05) is 18.2 Å². The Morgan fingerprint density at radius 2 is 2.12 bits per heavy atom. The van der Waals surface area contributed by atoms with Gasteiger partial charge in [0, 0.05) is 18.7 Å². The van der Waals surface area contributed by atoms with Gasteiger partial charge in [0.15, 0.2) is 0 Å². The molecule has 0 saturated carbocycles. The first-order valence-electron chi connectivity index (χ1n) is 5.73. The van der Waals surface area contributed by atoms with Gasteiger partial charge in [0.2, 0.25) is 0 Å². The van der Waals surface area contributed by atoms with Crippen LogP contribution in [0.15, 0.2) is 24.3 Å². The van der Waals surface area contributed by atoms with Gasteiger partial charge >= 0.3 is 0 Å². The van der Waals surface area contributed by atoms with Crippen molar-refractivity contribution < 1.29 is 9.47 Å². The van der Waals surface area contributed by atoms with Crippen molar-refractivity contribution in [2.75, 3.05) is 13.7 Å². The van der Waals surface area contributed by atoms with E-state index in [2.05, 4.69) is 25.2 Å². The Morgan fingerprint density at radius 3 is 2.88 bits per heavy atom. The first-order valence-corrected chi connectivity index (χ1v) is 5.73. The average Bonchev–Trinajstić information content (AvgIpc) is 2.72. The minimum absolute atomic E-state index is 0.202. The van der Waals surface area contributed by atoms with Gasteiger partial charge in [0.1, 0.15) is 12.4 Å². The molecule has 0 aliphatic carbocycles. The van der Waals surface area contributed by atoms with E-state index in [-0.39, 0.29) is 12.1 Å². The summed E-state index contributed by atoms with van der Waals surface area (Å²) in [7, 11) is 1.74. The van der Waals surface area contributed by atoms with E-state index in [4.69, 9.17) is 9.47 Å². The molecule has 3 atom stereocenters. The van der Waals surface area contributed by atoms with Crippen LogP contribution in [0.25, 0.3) is 0 Å². The Labute approximate surface area is 96.8 Å². The highest BCUT2D eigenvalue weighted by Crippen LogP contribution is 2.32. The summed E-state index contributed by atoms with van der Waals surface area (Å²) in [5.74, 6) is 0.997. The molecule has 0 fully saturated rings. The number of fused-ring (bicyclic) bond motifs is 1. The number of methoxy groups -OCH3 is 1. The van der Waals surface area contributed by atoms with Crippen molar-refractivity contribution in [3.8, 4) is 5.75 Å². The maximum Gasteiger partial charge on any atom is 0.124 e. The number of nitrogens with one attached hydrogen (secondary N) is 1. The SMILES string of the molecule is COC(C)C(C)NC1COc2ccccc21. The summed E-state index contributed by atoms with van der Waals surface area (Å²) in [5, 5.41) is 3.54. The molecule has 3 heteroatoms. The van der Waals surface area contributed by atoms with Gasteiger partial charge in [0.05, 0.1) is 12.1 Å². The summed E-state index contributed by atoms with van der Waals surface area (Å²) in [5.41, 5.74) is 1.25. The van der Waals surface area contributed by atoms with Crippen LogP contribution in [0.4, 0.5) is 0 Å². The number of para-hydroxylation sites is 1. The molecular weight excluding hydrogens is 202 g/mol. The normalized spacial score (nSPS) is 22.3. The highest BCUT2D eigenvalue weighted by molar-refractivity contribution is 5.39. The molecule has 3 nitrogen and oxygen atoms in total. The van der Waals surface area contributed by atoms with E-state index >= 15 is 0 Å². The summed E-state index contributed by atoms with van der Waals surface area (Å²) in [6.07, 6.45) is 0.202. The van der Waals surface area contributed by atoms with Crippen LogP contribution in [0.3, 0.4) is 0 Å². The molecule has 0 bridgehead atoms.